The normalized spacial score (nSPS) is 13.3. The molecule has 1 aliphatic carbocycles. The van der Waals surface area contributed by atoms with Crippen LogP contribution in [0.1, 0.15) is 34.8 Å². The Bertz CT molecular complexity index is 1340. The van der Waals surface area contributed by atoms with Crippen molar-refractivity contribution in [1.29, 1.82) is 0 Å². The van der Waals surface area contributed by atoms with Crippen molar-refractivity contribution in [2.24, 2.45) is 0 Å². The molecule has 0 atom stereocenters. The highest BCUT2D eigenvalue weighted by Crippen LogP contribution is 2.41. The molecule has 0 spiro atoms. The summed E-state index contributed by atoms with van der Waals surface area (Å²) in [7, 11) is 1.50. The summed E-state index contributed by atoms with van der Waals surface area (Å²) in [5.74, 6) is 0.483. The summed E-state index contributed by atoms with van der Waals surface area (Å²) in [5, 5.41) is 8.17. The van der Waals surface area contributed by atoms with Gasteiger partial charge in [-0.05, 0) is 43.2 Å². The number of ether oxygens (including phenoxy) is 1. The topological polar surface area (TPSA) is 99.2 Å². The summed E-state index contributed by atoms with van der Waals surface area (Å²) < 4.78 is 12.5. The molecule has 32 heavy (non-hydrogen) atoms. The fourth-order valence-electron chi connectivity index (χ4n) is 3.79. The number of benzene rings is 1. The van der Waals surface area contributed by atoms with Crippen LogP contribution in [0, 0.1) is 0 Å². The van der Waals surface area contributed by atoms with Crippen molar-refractivity contribution in [2.45, 2.75) is 25.3 Å². The van der Waals surface area contributed by atoms with E-state index in [0.29, 0.717) is 35.7 Å². The number of rotatable bonds is 7. The van der Waals surface area contributed by atoms with Crippen LogP contribution in [0.15, 0.2) is 64.1 Å². The Morgan fingerprint density at radius 1 is 1.22 bits per heavy atom. The number of para-hydroxylation sites is 1. The fourth-order valence-corrected chi connectivity index (χ4v) is 3.79. The van der Waals surface area contributed by atoms with Crippen LogP contribution in [0.5, 0.6) is 5.75 Å². The van der Waals surface area contributed by atoms with Gasteiger partial charge in [0.1, 0.15) is 5.56 Å². The molecule has 1 saturated carbocycles. The lowest BCUT2D eigenvalue weighted by atomic mass is 10.1. The zero-order chi connectivity index (χ0) is 22.1. The maximum Gasteiger partial charge on any atom is 0.349 e. The lowest BCUT2D eigenvalue weighted by molar-refractivity contribution is 0.0948. The maximum absolute atomic E-state index is 12.7. The minimum atomic E-state index is -0.697. The van der Waals surface area contributed by atoms with Crippen LogP contribution in [0.4, 0.5) is 0 Å². The Morgan fingerprint density at radius 3 is 2.78 bits per heavy atom. The van der Waals surface area contributed by atoms with E-state index in [0.717, 1.165) is 24.1 Å². The number of fused-ring (bicyclic) bond motifs is 1. The predicted molar refractivity (Wildman–Crippen MR) is 119 cm³/mol. The Morgan fingerprint density at radius 2 is 2.03 bits per heavy atom. The quantitative estimate of drug-likeness (QED) is 0.452. The summed E-state index contributed by atoms with van der Waals surface area (Å²) >= 11 is 0. The Hall–Kier alpha value is -3.94. The van der Waals surface area contributed by atoms with Gasteiger partial charge in [-0.2, -0.15) is 5.10 Å². The van der Waals surface area contributed by atoms with Gasteiger partial charge in [0, 0.05) is 41.5 Å². The van der Waals surface area contributed by atoms with Crippen LogP contribution in [-0.2, 0) is 6.54 Å². The largest absolute Gasteiger partial charge is 0.493 e. The van der Waals surface area contributed by atoms with Gasteiger partial charge in [-0.15, -0.1) is 0 Å². The third kappa shape index (κ3) is 3.87. The second kappa shape index (κ2) is 8.30. The summed E-state index contributed by atoms with van der Waals surface area (Å²) in [6, 6.07) is 12.7. The monoisotopic (exact) mass is 430 g/mol. The van der Waals surface area contributed by atoms with Crippen molar-refractivity contribution >= 4 is 16.9 Å². The first-order valence-corrected chi connectivity index (χ1v) is 10.5. The van der Waals surface area contributed by atoms with Gasteiger partial charge < -0.3 is 14.5 Å². The molecule has 8 heteroatoms. The van der Waals surface area contributed by atoms with E-state index < -0.39 is 11.5 Å². The number of aromatic nitrogens is 3. The molecule has 1 aliphatic rings. The van der Waals surface area contributed by atoms with Crippen LogP contribution >= 0.6 is 0 Å². The predicted octanol–water partition coefficient (Wildman–Crippen LogP) is 3.37. The van der Waals surface area contributed by atoms with Crippen LogP contribution in [0.2, 0.25) is 0 Å². The van der Waals surface area contributed by atoms with E-state index in [2.05, 4.69) is 16.4 Å². The van der Waals surface area contributed by atoms with E-state index in [-0.39, 0.29) is 5.56 Å². The number of hydrogen-bond acceptors (Lipinski definition) is 6. The molecule has 0 bridgehead atoms. The molecule has 5 rings (SSSR count). The Labute approximate surface area is 183 Å². The highest BCUT2D eigenvalue weighted by atomic mass is 16.5. The minimum Gasteiger partial charge on any atom is -0.493 e. The van der Waals surface area contributed by atoms with Gasteiger partial charge in [-0.25, -0.2) is 4.79 Å². The Kier molecular flexibility index (Phi) is 5.18. The third-order valence-electron chi connectivity index (χ3n) is 5.58. The molecule has 1 fully saturated rings. The number of hydrogen-bond donors (Lipinski definition) is 1. The molecule has 3 aromatic heterocycles. The van der Waals surface area contributed by atoms with Crippen molar-refractivity contribution in [3.8, 4) is 17.0 Å². The fraction of sp³-hybridized carbons (Fsp3) is 0.250. The first kappa shape index (κ1) is 20.0. The number of carbonyl (C=O) groups excluding carboxylic acids is 1. The highest BCUT2D eigenvalue weighted by Gasteiger charge is 2.28. The number of nitrogens with one attached hydrogen (secondary N) is 1. The second-order valence-corrected chi connectivity index (χ2v) is 7.77. The van der Waals surface area contributed by atoms with Gasteiger partial charge in [-0.1, -0.05) is 12.1 Å². The summed E-state index contributed by atoms with van der Waals surface area (Å²) in [6.07, 6.45) is 5.79. The number of methoxy groups -OCH3 is 1. The second-order valence-electron chi connectivity index (χ2n) is 7.77. The summed E-state index contributed by atoms with van der Waals surface area (Å²) in [4.78, 5) is 29.1. The molecule has 162 valence electrons. The highest BCUT2D eigenvalue weighted by molar-refractivity contribution is 5.97. The van der Waals surface area contributed by atoms with Gasteiger partial charge in [0.05, 0.1) is 19.3 Å². The van der Waals surface area contributed by atoms with Gasteiger partial charge in [0.2, 0.25) is 0 Å². The molecule has 4 aromatic rings. The van der Waals surface area contributed by atoms with Crippen LogP contribution in [0.25, 0.3) is 22.2 Å². The van der Waals surface area contributed by atoms with Crippen LogP contribution in [-0.4, -0.2) is 34.3 Å². The molecule has 0 saturated heterocycles. The van der Waals surface area contributed by atoms with E-state index >= 15 is 0 Å². The molecule has 0 radical (unpaired) electrons. The van der Waals surface area contributed by atoms with Crippen LogP contribution < -0.4 is 15.7 Å². The molecule has 1 amide bonds. The third-order valence-corrected chi connectivity index (χ3v) is 5.58. The zero-order valence-electron chi connectivity index (χ0n) is 17.6. The molecule has 1 N–H and O–H groups in total. The first-order valence-electron chi connectivity index (χ1n) is 10.5. The average molecular weight is 430 g/mol. The van der Waals surface area contributed by atoms with Crippen molar-refractivity contribution in [2.75, 3.05) is 13.7 Å². The standard InChI is InChI=1S/C24H22N4O4/c1-31-21-4-2-3-17-13-18(24(30)32-22(17)21)23(29)26-11-12-28-20(16-5-6-16)14-19(27-28)15-7-9-25-10-8-15/h2-4,7-10,13-14,16H,5-6,11-12H2,1H3,(H,26,29). The first-order chi connectivity index (χ1) is 15.6. The Balaban J connectivity index is 1.32. The van der Waals surface area contributed by atoms with E-state index in [1.54, 1.807) is 30.6 Å². The smallest absolute Gasteiger partial charge is 0.349 e. The molecular formula is C24H22N4O4. The molecule has 8 nitrogen and oxygen atoms in total. The SMILES string of the molecule is COc1cccc2cc(C(=O)NCCn3nc(-c4ccncc4)cc3C3CC3)c(=O)oc12. The average Bonchev–Trinajstić information content (AvgIpc) is 3.58. The van der Waals surface area contributed by atoms with E-state index in [1.807, 2.05) is 16.8 Å². The number of pyridine rings is 1. The minimum absolute atomic E-state index is 0.0360. The van der Waals surface area contributed by atoms with Crippen molar-refractivity contribution in [1.82, 2.24) is 20.1 Å². The lowest BCUT2D eigenvalue weighted by Gasteiger charge is -2.09. The number of nitrogens with zero attached hydrogens (tertiary/aromatic N) is 3. The molecule has 0 unspecified atom stereocenters. The molecule has 1 aromatic carbocycles. The summed E-state index contributed by atoms with van der Waals surface area (Å²) in [6.45, 7) is 0.848. The van der Waals surface area contributed by atoms with Gasteiger partial charge in [0.25, 0.3) is 5.91 Å². The van der Waals surface area contributed by atoms with Crippen molar-refractivity contribution in [3.05, 3.63) is 76.5 Å². The molecule has 0 aliphatic heterocycles. The maximum atomic E-state index is 12.7. The van der Waals surface area contributed by atoms with Crippen LogP contribution in [0.3, 0.4) is 0 Å². The van der Waals surface area contributed by atoms with E-state index in [4.69, 9.17) is 14.3 Å². The van der Waals surface area contributed by atoms with E-state index in [9.17, 15) is 9.59 Å². The van der Waals surface area contributed by atoms with Gasteiger partial charge in [0.15, 0.2) is 11.3 Å². The molecular weight excluding hydrogens is 408 g/mol. The molecule has 3 heterocycles. The summed E-state index contributed by atoms with van der Waals surface area (Å²) in [5.41, 5.74) is 2.66. The number of carbonyl (C=O) groups is 1. The zero-order valence-corrected chi connectivity index (χ0v) is 17.6. The van der Waals surface area contributed by atoms with Gasteiger partial charge >= 0.3 is 5.63 Å². The van der Waals surface area contributed by atoms with Crippen molar-refractivity contribution in [3.63, 3.8) is 0 Å². The number of amides is 1. The van der Waals surface area contributed by atoms with E-state index in [1.165, 1.54) is 18.9 Å². The van der Waals surface area contributed by atoms with Gasteiger partial charge in [-0.3, -0.25) is 14.5 Å². The van der Waals surface area contributed by atoms with Crippen molar-refractivity contribution < 1.29 is 13.9 Å². The lowest BCUT2D eigenvalue weighted by Crippen LogP contribution is -2.31.